The van der Waals surface area contributed by atoms with Crippen LogP contribution in [0.1, 0.15) is 90.3 Å². The van der Waals surface area contributed by atoms with Gasteiger partial charge in [-0.25, -0.2) is 0 Å². The lowest BCUT2D eigenvalue weighted by Gasteiger charge is -2.17. The Hall–Kier alpha value is -0.730. The molecule has 2 aromatic rings. The van der Waals surface area contributed by atoms with E-state index >= 15 is 0 Å². The number of rotatable bonds is 4. The summed E-state index contributed by atoms with van der Waals surface area (Å²) in [5.74, 6) is 0.616. The lowest BCUT2D eigenvalue weighted by atomic mass is 9.92. The minimum atomic E-state index is -0.241. The second-order valence-corrected chi connectivity index (χ2v) is 9.46. The van der Waals surface area contributed by atoms with Crippen LogP contribution < -0.4 is 0 Å². The summed E-state index contributed by atoms with van der Waals surface area (Å²) in [5, 5.41) is 1.60. The highest BCUT2D eigenvalue weighted by molar-refractivity contribution is 6.47. The average molecular weight is 456 g/mol. The zero-order valence-electron chi connectivity index (χ0n) is 15.5. The molecule has 0 bridgehead atoms. The third-order valence-corrected chi connectivity index (χ3v) is 8.10. The molecule has 4 rings (SSSR count). The molecule has 0 atom stereocenters. The number of carbonyl (C=O) groups excluding carboxylic acids is 1. The van der Waals surface area contributed by atoms with Crippen molar-refractivity contribution in [3.05, 3.63) is 66.6 Å². The van der Waals surface area contributed by atoms with E-state index in [1.165, 1.54) is 25.7 Å². The fraction of sp³-hybridized carbons (Fsp3) is 0.435. The van der Waals surface area contributed by atoms with Crippen molar-refractivity contribution in [1.29, 1.82) is 0 Å². The van der Waals surface area contributed by atoms with Gasteiger partial charge in [0.15, 0.2) is 5.78 Å². The monoisotopic (exact) mass is 454 g/mol. The molecule has 0 heterocycles. The van der Waals surface area contributed by atoms with Gasteiger partial charge in [0.05, 0.1) is 20.1 Å². The first-order valence-corrected chi connectivity index (χ1v) is 11.5. The molecule has 28 heavy (non-hydrogen) atoms. The number of halogens is 4. The van der Waals surface area contributed by atoms with E-state index in [-0.39, 0.29) is 5.78 Å². The van der Waals surface area contributed by atoms with Gasteiger partial charge in [0, 0.05) is 11.1 Å². The van der Waals surface area contributed by atoms with E-state index in [2.05, 4.69) is 0 Å². The molecule has 0 unspecified atom stereocenters. The van der Waals surface area contributed by atoms with E-state index in [0.717, 1.165) is 36.8 Å². The SMILES string of the molecule is O=C(c1ccc(C2CCCC2)c(Cl)c1Cl)c1ccc(C2CCCC2)c(Cl)c1Cl. The first kappa shape index (κ1) is 20.5. The van der Waals surface area contributed by atoms with Crippen LogP contribution in [-0.4, -0.2) is 5.78 Å². The van der Waals surface area contributed by atoms with Crippen LogP contribution in [-0.2, 0) is 0 Å². The third-order valence-electron chi connectivity index (χ3n) is 6.30. The van der Waals surface area contributed by atoms with Crippen LogP contribution in [0.5, 0.6) is 0 Å². The van der Waals surface area contributed by atoms with Crippen molar-refractivity contribution < 1.29 is 4.79 Å². The highest BCUT2D eigenvalue weighted by Gasteiger charge is 2.27. The third kappa shape index (κ3) is 3.72. The Kier molecular flexibility index (Phi) is 6.28. The Labute approximate surface area is 186 Å². The van der Waals surface area contributed by atoms with Gasteiger partial charge in [0.1, 0.15) is 0 Å². The van der Waals surface area contributed by atoms with Crippen molar-refractivity contribution in [2.75, 3.05) is 0 Å². The van der Waals surface area contributed by atoms with E-state index in [1.807, 2.05) is 12.1 Å². The Balaban J connectivity index is 1.68. The molecule has 0 aliphatic heterocycles. The maximum absolute atomic E-state index is 13.2. The molecule has 0 N–H and O–H groups in total. The zero-order valence-corrected chi connectivity index (χ0v) is 18.6. The van der Waals surface area contributed by atoms with Crippen molar-refractivity contribution in [3.63, 3.8) is 0 Å². The van der Waals surface area contributed by atoms with Gasteiger partial charge in [0.2, 0.25) is 0 Å². The molecule has 2 saturated carbocycles. The lowest BCUT2D eigenvalue weighted by molar-refractivity contribution is 0.103. The number of hydrogen-bond donors (Lipinski definition) is 0. The van der Waals surface area contributed by atoms with Crippen molar-refractivity contribution in [2.24, 2.45) is 0 Å². The van der Waals surface area contributed by atoms with Gasteiger partial charge in [-0.05, 0) is 60.8 Å². The molecule has 0 spiro atoms. The molecule has 0 radical (unpaired) electrons. The standard InChI is InChI=1S/C23H22Cl4O/c24-19-15(13-5-1-2-6-13)9-11-17(21(19)26)23(28)18-12-10-16(20(25)22(18)27)14-7-3-4-8-14/h9-14H,1-8H2. The van der Waals surface area contributed by atoms with Crippen LogP contribution >= 0.6 is 46.4 Å². The van der Waals surface area contributed by atoms with Gasteiger partial charge < -0.3 is 0 Å². The minimum Gasteiger partial charge on any atom is -0.288 e. The van der Waals surface area contributed by atoms with E-state index in [0.29, 0.717) is 43.1 Å². The number of carbonyl (C=O) groups is 1. The van der Waals surface area contributed by atoms with Crippen molar-refractivity contribution >= 4 is 52.2 Å². The normalized spacial score (nSPS) is 18.1. The summed E-state index contributed by atoms with van der Waals surface area (Å²) in [7, 11) is 0. The lowest BCUT2D eigenvalue weighted by Crippen LogP contribution is -2.07. The van der Waals surface area contributed by atoms with E-state index in [4.69, 9.17) is 46.4 Å². The summed E-state index contributed by atoms with van der Waals surface area (Å²) in [6, 6.07) is 7.44. The topological polar surface area (TPSA) is 17.1 Å². The molecule has 2 aromatic carbocycles. The van der Waals surface area contributed by atoms with Crippen LogP contribution in [0.15, 0.2) is 24.3 Å². The minimum absolute atomic E-state index is 0.241. The second-order valence-electron chi connectivity index (χ2n) is 7.95. The zero-order chi connectivity index (χ0) is 19.8. The smallest absolute Gasteiger partial charge is 0.196 e. The quantitative estimate of drug-likeness (QED) is 0.420. The summed E-state index contributed by atoms with van der Waals surface area (Å²) in [6.07, 6.45) is 9.31. The maximum atomic E-state index is 13.2. The fourth-order valence-corrected chi connectivity index (χ4v) is 5.88. The van der Waals surface area contributed by atoms with Gasteiger partial charge in [-0.15, -0.1) is 0 Å². The molecule has 0 saturated heterocycles. The van der Waals surface area contributed by atoms with E-state index in [1.54, 1.807) is 12.1 Å². The summed E-state index contributed by atoms with van der Waals surface area (Å²) < 4.78 is 0. The van der Waals surface area contributed by atoms with E-state index in [9.17, 15) is 4.79 Å². The maximum Gasteiger partial charge on any atom is 0.196 e. The summed E-state index contributed by atoms with van der Waals surface area (Å²) in [6.45, 7) is 0. The number of hydrogen-bond acceptors (Lipinski definition) is 1. The first-order chi connectivity index (χ1) is 13.5. The predicted molar refractivity (Wildman–Crippen MR) is 119 cm³/mol. The van der Waals surface area contributed by atoms with Crippen LogP contribution in [0.4, 0.5) is 0 Å². The van der Waals surface area contributed by atoms with Crippen LogP contribution in [0.3, 0.4) is 0 Å². The molecule has 2 fully saturated rings. The second kappa shape index (κ2) is 8.56. The van der Waals surface area contributed by atoms with Crippen molar-refractivity contribution in [3.8, 4) is 0 Å². The van der Waals surface area contributed by atoms with Gasteiger partial charge in [0.25, 0.3) is 0 Å². The molecular weight excluding hydrogens is 434 g/mol. The van der Waals surface area contributed by atoms with Crippen LogP contribution in [0.2, 0.25) is 20.1 Å². The molecule has 2 aliphatic rings. The molecule has 0 amide bonds. The molecular formula is C23H22Cl4O. The molecule has 5 heteroatoms. The highest BCUT2D eigenvalue weighted by Crippen LogP contribution is 2.44. The highest BCUT2D eigenvalue weighted by atomic mass is 35.5. The summed E-state index contributed by atoms with van der Waals surface area (Å²) in [5.41, 5.74) is 2.84. The van der Waals surface area contributed by atoms with Gasteiger partial charge in [-0.1, -0.05) is 84.2 Å². The van der Waals surface area contributed by atoms with Crippen molar-refractivity contribution in [2.45, 2.75) is 63.2 Å². The van der Waals surface area contributed by atoms with E-state index < -0.39 is 0 Å². The van der Waals surface area contributed by atoms with Crippen LogP contribution in [0, 0.1) is 0 Å². The van der Waals surface area contributed by atoms with Gasteiger partial charge in [-0.3, -0.25) is 4.79 Å². The summed E-state index contributed by atoms with van der Waals surface area (Å²) in [4.78, 5) is 13.2. The predicted octanol–water partition coefficient (Wildman–Crippen LogP) is 8.85. The Bertz CT molecular complexity index is 836. The molecule has 2 aliphatic carbocycles. The van der Waals surface area contributed by atoms with Crippen molar-refractivity contribution in [1.82, 2.24) is 0 Å². The van der Waals surface area contributed by atoms with Gasteiger partial charge in [-0.2, -0.15) is 0 Å². The van der Waals surface area contributed by atoms with Crippen LogP contribution in [0.25, 0.3) is 0 Å². The Morgan fingerprint density at radius 1 is 0.607 bits per heavy atom. The molecule has 1 nitrogen and oxygen atoms in total. The average Bonchev–Trinajstić information content (AvgIpc) is 3.39. The number of ketones is 1. The Morgan fingerprint density at radius 3 is 1.32 bits per heavy atom. The first-order valence-electron chi connectivity index (χ1n) is 9.99. The largest absolute Gasteiger partial charge is 0.288 e. The van der Waals surface area contributed by atoms with Gasteiger partial charge >= 0.3 is 0 Å². The fourth-order valence-electron chi connectivity index (χ4n) is 4.73. The summed E-state index contributed by atoms with van der Waals surface area (Å²) >= 11 is 26.1. The molecule has 148 valence electrons. The Morgan fingerprint density at radius 2 is 0.964 bits per heavy atom. The molecule has 0 aromatic heterocycles. The number of benzene rings is 2.